The first-order valence-electron chi connectivity index (χ1n) is 11.7. The Morgan fingerprint density at radius 2 is 0.973 bits per heavy atom. The van der Waals surface area contributed by atoms with Crippen LogP contribution in [0, 0.1) is 0 Å². The standard InChI is InChI=1S/C14H34N2O.2C4H6O6/c1-7-15(5,6)11-13-17-14-12-16(8-2,9-3)10-4;2*5-1(3(7)8)2(6)4(9)10/h7-14H2,1-6H3;2*1-2,5-6H,(H,7,8)(H,9,10)/q+2;;/p-2. The first kappa shape index (κ1) is 39.1. The fraction of sp³-hybridized carbons (Fsp3) is 0.818. The van der Waals surface area contributed by atoms with Crippen molar-refractivity contribution in [1.29, 1.82) is 0 Å². The second kappa shape index (κ2) is 19.7. The predicted molar refractivity (Wildman–Crippen MR) is 124 cm³/mol. The highest BCUT2D eigenvalue weighted by atomic mass is 16.5. The highest BCUT2D eigenvalue weighted by Gasteiger charge is 2.25. The molecule has 6 N–H and O–H groups in total. The largest absolute Gasteiger partial charge is 0.547 e. The molecular formula is C22H44N2O13. The van der Waals surface area contributed by atoms with Gasteiger partial charge in [0, 0.05) is 0 Å². The van der Waals surface area contributed by atoms with E-state index in [4.69, 9.17) is 35.4 Å². The van der Waals surface area contributed by atoms with Gasteiger partial charge < -0.3 is 64.1 Å². The molecule has 0 amide bonds. The van der Waals surface area contributed by atoms with Crippen molar-refractivity contribution in [1.82, 2.24) is 0 Å². The molecule has 0 radical (unpaired) electrons. The van der Waals surface area contributed by atoms with E-state index in [0.717, 1.165) is 30.8 Å². The van der Waals surface area contributed by atoms with Crippen LogP contribution in [0.15, 0.2) is 0 Å². The van der Waals surface area contributed by atoms with Gasteiger partial charge in [-0.3, -0.25) is 0 Å². The second-order valence-corrected chi connectivity index (χ2v) is 8.70. The van der Waals surface area contributed by atoms with Gasteiger partial charge in [0.1, 0.15) is 25.3 Å². The van der Waals surface area contributed by atoms with Crippen LogP contribution in [0.1, 0.15) is 27.7 Å². The lowest BCUT2D eigenvalue weighted by atomic mass is 10.2. The van der Waals surface area contributed by atoms with E-state index in [1.54, 1.807) is 0 Å². The maximum absolute atomic E-state index is 9.74. The number of aliphatic hydroxyl groups is 4. The van der Waals surface area contributed by atoms with Crippen LogP contribution in [0.25, 0.3) is 0 Å². The van der Waals surface area contributed by atoms with Crippen LogP contribution in [0.5, 0.6) is 0 Å². The fourth-order valence-corrected chi connectivity index (χ4v) is 2.50. The Morgan fingerprint density at radius 3 is 1.19 bits per heavy atom. The average Bonchev–Trinajstić information content (AvgIpc) is 2.85. The molecule has 37 heavy (non-hydrogen) atoms. The summed E-state index contributed by atoms with van der Waals surface area (Å²) in [6, 6.07) is 0. The summed E-state index contributed by atoms with van der Waals surface area (Å²) in [4.78, 5) is 38.8. The summed E-state index contributed by atoms with van der Waals surface area (Å²) in [7, 11) is 4.52. The van der Waals surface area contributed by atoms with Gasteiger partial charge in [0.25, 0.3) is 0 Å². The number of rotatable bonds is 16. The van der Waals surface area contributed by atoms with E-state index in [1.807, 2.05) is 0 Å². The molecule has 0 aromatic carbocycles. The molecule has 0 saturated carbocycles. The lowest BCUT2D eigenvalue weighted by Gasteiger charge is -2.35. The highest BCUT2D eigenvalue weighted by molar-refractivity contribution is 5.82. The normalized spacial score (nSPS) is 14.5. The molecule has 0 aromatic heterocycles. The maximum atomic E-state index is 9.74. The number of carboxylic acid groups (broad SMARTS) is 4. The molecule has 4 unspecified atom stereocenters. The summed E-state index contributed by atoms with van der Waals surface area (Å²) in [5.74, 6) is -7.65. The van der Waals surface area contributed by atoms with Gasteiger partial charge in [0.2, 0.25) is 0 Å². The average molecular weight is 545 g/mol. The summed E-state index contributed by atoms with van der Waals surface area (Å²) in [6.45, 7) is 17.9. The van der Waals surface area contributed by atoms with Gasteiger partial charge in [-0.1, -0.05) is 0 Å². The van der Waals surface area contributed by atoms with Gasteiger partial charge in [-0.15, -0.1) is 0 Å². The van der Waals surface area contributed by atoms with Crippen LogP contribution in [0.2, 0.25) is 0 Å². The van der Waals surface area contributed by atoms with E-state index in [1.165, 1.54) is 30.7 Å². The molecule has 15 heteroatoms. The Bertz CT molecular complexity index is 603. The number of aliphatic hydroxyl groups excluding tert-OH is 4. The van der Waals surface area contributed by atoms with Crippen LogP contribution >= 0.6 is 0 Å². The third kappa shape index (κ3) is 17.6. The highest BCUT2D eigenvalue weighted by Crippen LogP contribution is 2.05. The molecule has 0 rings (SSSR count). The molecule has 0 aliphatic rings. The molecule has 0 spiro atoms. The lowest BCUT2D eigenvalue weighted by molar-refractivity contribution is -0.923. The van der Waals surface area contributed by atoms with Crippen molar-refractivity contribution in [2.45, 2.75) is 52.1 Å². The second-order valence-electron chi connectivity index (χ2n) is 8.70. The SMILES string of the molecule is CC[N+](C)(C)CCOCC[N+](CC)(CC)CC.O=C([O-])C(O)C(O)C(=O)O.O=C([O-])C(O)C(O)C(=O)O. The van der Waals surface area contributed by atoms with Crippen molar-refractivity contribution < 1.29 is 73.7 Å². The molecule has 0 heterocycles. The summed E-state index contributed by atoms with van der Waals surface area (Å²) in [6.07, 6.45) is -9.41. The van der Waals surface area contributed by atoms with E-state index in [9.17, 15) is 29.4 Å². The summed E-state index contributed by atoms with van der Waals surface area (Å²) < 4.78 is 8.04. The number of hydrogen-bond acceptors (Lipinski definition) is 11. The summed E-state index contributed by atoms with van der Waals surface area (Å²) >= 11 is 0. The first-order chi connectivity index (χ1) is 16.9. The molecule has 0 bridgehead atoms. The number of hydrogen-bond donors (Lipinski definition) is 6. The monoisotopic (exact) mass is 544 g/mol. The van der Waals surface area contributed by atoms with Gasteiger partial charge >= 0.3 is 11.9 Å². The van der Waals surface area contributed by atoms with Crippen molar-refractivity contribution in [3.8, 4) is 0 Å². The molecule has 15 nitrogen and oxygen atoms in total. The molecule has 220 valence electrons. The van der Waals surface area contributed by atoms with E-state index >= 15 is 0 Å². The Morgan fingerprint density at radius 1 is 0.649 bits per heavy atom. The molecular weight excluding hydrogens is 500 g/mol. The number of likely N-dealkylation sites (N-methyl/N-ethyl adjacent to an activating group) is 2. The minimum absolute atomic E-state index is 0.887. The van der Waals surface area contributed by atoms with Crippen molar-refractivity contribution >= 4 is 23.9 Å². The molecule has 0 aromatic rings. The van der Waals surface area contributed by atoms with Crippen LogP contribution in [-0.2, 0) is 23.9 Å². The van der Waals surface area contributed by atoms with Crippen LogP contribution in [0.3, 0.4) is 0 Å². The quantitative estimate of drug-likeness (QED) is 0.0788. The topological polar surface area (TPSA) is 245 Å². The smallest absolute Gasteiger partial charge is 0.335 e. The molecule has 0 aliphatic heterocycles. The van der Waals surface area contributed by atoms with E-state index in [-0.39, 0.29) is 0 Å². The third-order valence-corrected chi connectivity index (χ3v) is 6.01. The molecule has 0 saturated heterocycles. The van der Waals surface area contributed by atoms with Gasteiger partial charge in [-0.25, -0.2) is 9.59 Å². The number of carbonyl (C=O) groups is 4. The van der Waals surface area contributed by atoms with Gasteiger partial charge in [0.15, 0.2) is 12.2 Å². The maximum Gasteiger partial charge on any atom is 0.335 e. The fourth-order valence-electron chi connectivity index (χ4n) is 2.50. The van der Waals surface area contributed by atoms with Crippen LogP contribution < -0.4 is 10.2 Å². The Balaban J connectivity index is -0.000000499. The van der Waals surface area contributed by atoms with Gasteiger partial charge in [-0.2, -0.15) is 0 Å². The minimum atomic E-state index is -2.38. The van der Waals surface area contributed by atoms with Crippen molar-refractivity contribution in [2.24, 2.45) is 0 Å². The zero-order chi connectivity index (χ0) is 30.0. The number of carbonyl (C=O) groups excluding carboxylic acids is 2. The molecule has 0 aliphatic carbocycles. The molecule has 4 atom stereocenters. The number of aliphatic carboxylic acids is 4. The summed E-state index contributed by atoms with van der Waals surface area (Å²) in [5, 5.41) is 68.3. The summed E-state index contributed by atoms with van der Waals surface area (Å²) in [5.41, 5.74) is 0. The van der Waals surface area contributed by atoms with Crippen molar-refractivity contribution in [2.75, 3.05) is 66.6 Å². The van der Waals surface area contributed by atoms with E-state index in [0.29, 0.717) is 0 Å². The number of nitrogens with zero attached hydrogens (tertiary/aromatic N) is 2. The third-order valence-electron chi connectivity index (χ3n) is 6.01. The predicted octanol–water partition coefficient (Wildman–Crippen LogP) is -4.94. The zero-order valence-electron chi connectivity index (χ0n) is 22.4. The van der Waals surface area contributed by atoms with Crippen molar-refractivity contribution in [3.63, 3.8) is 0 Å². The molecule has 0 fully saturated rings. The van der Waals surface area contributed by atoms with Crippen molar-refractivity contribution in [3.05, 3.63) is 0 Å². The lowest BCUT2D eigenvalue weighted by Crippen LogP contribution is -2.49. The zero-order valence-corrected chi connectivity index (χ0v) is 22.4. The van der Waals surface area contributed by atoms with E-state index < -0.39 is 48.3 Å². The van der Waals surface area contributed by atoms with E-state index in [2.05, 4.69) is 41.8 Å². The Labute approximate surface area is 216 Å². The van der Waals surface area contributed by atoms with Gasteiger partial charge in [0.05, 0.1) is 65.4 Å². The van der Waals surface area contributed by atoms with Crippen LogP contribution in [-0.4, -0.2) is 154 Å². The Kier molecular flexibility index (Phi) is 20.8. The number of ether oxygens (including phenoxy) is 1. The number of quaternary nitrogens is 2. The van der Waals surface area contributed by atoms with Crippen LogP contribution in [0.4, 0.5) is 0 Å². The minimum Gasteiger partial charge on any atom is -0.547 e. The number of carboxylic acids is 4. The first-order valence-corrected chi connectivity index (χ1v) is 11.7. The Hall–Kier alpha value is -2.40. The van der Waals surface area contributed by atoms with Gasteiger partial charge in [-0.05, 0) is 27.7 Å².